The Balaban J connectivity index is 1.35. The average molecular weight is 447 g/mol. The molecule has 7 rings (SSSR count). The van der Waals surface area contributed by atoms with Gasteiger partial charge in [-0.25, -0.2) is 0 Å². The van der Waals surface area contributed by atoms with Gasteiger partial charge in [-0.15, -0.1) is 0 Å². The number of rotatable bonds is 1. The van der Waals surface area contributed by atoms with Crippen LogP contribution in [0.1, 0.15) is 103 Å². The predicted molar refractivity (Wildman–Crippen MR) is 127 cm³/mol. The molecule has 33 heavy (non-hydrogen) atoms. The summed E-state index contributed by atoms with van der Waals surface area (Å²) in [4.78, 5) is 25.4. The van der Waals surface area contributed by atoms with Crippen molar-refractivity contribution in [1.82, 2.24) is 0 Å². The van der Waals surface area contributed by atoms with Gasteiger partial charge in [-0.2, -0.15) is 0 Å². The first kappa shape index (κ1) is 20.7. The number of hydrogen-bond donors (Lipinski definition) is 0. The molecule has 2 spiro atoms. The molecule has 176 valence electrons. The molecule has 5 saturated carbocycles. The van der Waals surface area contributed by atoms with E-state index in [2.05, 4.69) is 39.8 Å². The summed E-state index contributed by atoms with van der Waals surface area (Å²) < 4.78 is 6.61. The fourth-order valence-corrected chi connectivity index (χ4v) is 10.5. The van der Waals surface area contributed by atoms with E-state index < -0.39 is 0 Å². The summed E-state index contributed by atoms with van der Waals surface area (Å²) in [5, 5.41) is 0. The molecule has 5 fully saturated rings. The van der Waals surface area contributed by atoms with Crippen LogP contribution in [0.15, 0.2) is 28.2 Å². The molecular formula is C30H38O3. The molecule has 0 bridgehead atoms. The second-order valence-electron chi connectivity index (χ2n) is 13.8. The van der Waals surface area contributed by atoms with Crippen LogP contribution in [-0.4, -0.2) is 11.6 Å². The highest BCUT2D eigenvalue weighted by molar-refractivity contribution is 5.92. The number of furan rings is 1. The molecule has 8 atom stereocenters. The van der Waals surface area contributed by atoms with E-state index in [-0.39, 0.29) is 10.8 Å². The Labute approximate surface area is 197 Å². The maximum absolute atomic E-state index is 13.0. The largest absolute Gasteiger partial charge is 0.465 e. The molecule has 0 radical (unpaired) electrons. The van der Waals surface area contributed by atoms with Crippen LogP contribution >= 0.6 is 0 Å². The molecule has 6 unspecified atom stereocenters. The normalized spacial score (nSPS) is 47.9. The van der Waals surface area contributed by atoms with E-state index in [0.717, 1.165) is 37.2 Å². The Morgan fingerprint density at radius 1 is 0.970 bits per heavy atom. The first-order chi connectivity index (χ1) is 15.6. The highest BCUT2D eigenvalue weighted by atomic mass is 16.3. The number of ketones is 2. The van der Waals surface area contributed by atoms with E-state index in [1.807, 2.05) is 6.08 Å². The summed E-state index contributed by atoms with van der Waals surface area (Å²) in [6.45, 7) is 9.10. The van der Waals surface area contributed by atoms with Gasteiger partial charge in [-0.1, -0.05) is 33.3 Å². The number of fused-ring (bicyclic) bond motifs is 4. The summed E-state index contributed by atoms with van der Waals surface area (Å²) >= 11 is 0. The van der Waals surface area contributed by atoms with Gasteiger partial charge < -0.3 is 4.42 Å². The van der Waals surface area contributed by atoms with Gasteiger partial charge in [0.05, 0.1) is 0 Å². The molecule has 1 aromatic rings. The highest BCUT2D eigenvalue weighted by Gasteiger charge is 2.86. The standard InChI is InChI=1S/C30H38O3/c1-27(2,3)24-6-5-23(33-24)19-16-17-15-18(31)7-11-28(17,4)20-9-14-30-21(25(19)20)8-12-29(30)13-10-22(32)26(29)30/h5-6,15,19-21,25-26H,7-14,16H2,1-4H3/t19-,20?,21?,25?,26?,28?,29-,30?/m0/s1. The van der Waals surface area contributed by atoms with Crippen LogP contribution in [0.2, 0.25) is 0 Å². The van der Waals surface area contributed by atoms with Gasteiger partial charge in [0.1, 0.15) is 17.3 Å². The smallest absolute Gasteiger partial charge is 0.155 e. The Morgan fingerprint density at radius 2 is 1.76 bits per heavy atom. The van der Waals surface area contributed by atoms with Crippen molar-refractivity contribution in [2.24, 2.45) is 39.9 Å². The van der Waals surface area contributed by atoms with Gasteiger partial charge in [0.2, 0.25) is 0 Å². The van der Waals surface area contributed by atoms with E-state index in [4.69, 9.17) is 4.42 Å². The third-order valence-electron chi connectivity index (χ3n) is 11.8. The number of Topliss-reactive ketones (excluding diaryl/α,β-unsaturated/α-hetero) is 1. The second-order valence-corrected chi connectivity index (χ2v) is 13.8. The van der Waals surface area contributed by atoms with Crippen molar-refractivity contribution in [1.29, 1.82) is 0 Å². The van der Waals surface area contributed by atoms with Crippen molar-refractivity contribution >= 4 is 11.6 Å². The van der Waals surface area contributed by atoms with Gasteiger partial charge in [-0.3, -0.25) is 9.59 Å². The molecule has 3 nitrogen and oxygen atoms in total. The molecule has 0 aliphatic heterocycles. The molecule has 6 aliphatic rings. The average Bonchev–Trinajstić information content (AvgIpc) is 3.22. The summed E-state index contributed by atoms with van der Waals surface area (Å²) in [6, 6.07) is 4.42. The van der Waals surface area contributed by atoms with E-state index in [1.54, 1.807) is 0 Å². The van der Waals surface area contributed by atoms with E-state index >= 15 is 0 Å². The molecular weight excluding hydrogens is 408 g/mol. The van der Waals surface area contributed by atoms with Crippen LogP contribution in [0.25, 0.3) is 0 Å². The lowest BCUT2D eigenvalue weighted by Gasteiger charge is -2.58. The zero-order chi connectivity index (χ0) is 23.0. The van der Waals surface area contributed by atoms with Crippen molar-refractivity contribution in [3.8, 4) is 0 Å². The summed E-state index contributed by atoms with van der Waals surface area (Å²) in [7, 11) is 0. The summed E-state index contributed by atoms with van der Waals surface area (Å²) in [5.74, 6) is 5.60. The maximum Gasteiger partial charge on any atom is 0.155 e. The lowest BCUT2D eigenvalue weighted by molar-refractivity contribution is -0.123. The SMILES string of the molecule is CC(C)(C)c1ccc([C@@H]2CC3=CC(=O)CCC3(C)C3CCC45C(CC[C@@]46CCC(=O)C56)C32)o1. The minimum Gasteiger partial charge on any atom is -0.465 e. The molecule has 0 saturated heterocycles. The summed E-state index contributed by atoms with van der Waals surface area (Å²) in [5.41, 5.74) is 2.16. The Morgan fingerprint density at radius 3 is 2.48 bits per heavy atom. The van der Waals surface area contributed by atoms with Crippen LogP contribution in [-0.2, 0) is 15.0 Å². The lowest BCUT2D eigenvalue weighted by atomic mass is 9.45. The number of hydrogen-bond acceptors (Lipinski definition) is 3. The molecule has 1 heterocycles. The van der Waals surface area contributed by atoms with Gasteiger partial charge >= 0.3 is 0 Å². The van der Waals surface area contributed by atoms with Crippen molar-refractivity contribution in [2.75, 3.05) is 0 Å². The number of carbonyl (C=O) groups is 2. The minimum absolute atomic E-state index is 0.00789. The molecule has 0 aromatic carbocycles. The van der Waals surface area contributed by atoms with E-state index in [0.29, 0.717) is 58.4 Å². The van der Waals surface area contributed by atoms with Crippen LogP contribution in [0, 0.1) is 39.9 Å². The molecule has 0 amide bonds. The predicted octanol–water partition coefficient (Wildman–Crippen LogP) is 6.76. The van der Waals surface area contributed by atoms with Crippen molar-refractivity contribution in [3.63, 3.8) is 0 Å². The third kappa shape index (κ3) is 2.33. The fraction of sp³-hybridized carbons (Fsp3) is 0.733. The maximum atomic E-state index is 13.0. The first-order valence-electron chi connectivity index (χ1n) is 13.5. The molecule has 3 heteroatoms. The topological polar surface area (TPSA) is 47.3 Å². The second kappa shape index (κ2) is 6.13. The summed E-state index contributed by atoms with van der Waals surface area (Å²) in [6.07, 6.45) is 11.7. The molecule has 0 N–H and O–H groups in total. The van der Waals surface area contributed by atoms with Gasteiger partial charge in [-0.05, 0) is 97.2 Å². The van der Waals surface area contributed by atoms with Crippen LogP contribution in [0.3, 0.4) is 0 Å². The Kier molecular flexibility index (Phi) is 3.84. The molecule has 1 aromatic heterocycles. The van der Waals surface area contributed by atoms with Crippen molar-refractivity contribution in [2.45, 2.75) is 96.8 Å². The minimum atomic E-state index is -0.00789. The van der Waals surface area contributed by atoms with Crippen LogP contribution < -0.4 is 0 Å². The molecule has 6 aliphatic carbocycles. The van der Waals surface area contributed by atoms with Crippen LogP contribution in [0.4, 0.5) is 0 Å². The third-order valence-corrected chi connectivity index (χ3v) is 11.8. The Hall–Kier alpha value is -1.64. The fourth-order valence-electron chi connectivity index (χ4n) is 10.5. The van der Waals surface area contributed by atoms with Gasteiger partial charge in [0.25, 0.3) is 0 Å². The van der Waals surface area contributed by atoms with Gasteiger partial charge in [0, 0.05) is 30.1 Å². The first-order valence-corrected chi connectivity index (χ1v) is 13.5. The quantitative estimate of drug-likeness (QED) is 0.479. The van der Waals surface area contributed by atoms with E-state index in [1.165, 1.54) is 31.3 Å². The Bertz CT molecular complexity index is 1100. The lowest BCUT2D eigenvalue weighted by Crippen LogP contribution is -2.51. The highest BCUT2D eigenvalue weighted by Crippen LogP contribution is 2.89. The zero-order valence-corrected chi connectivity index (χ0v) is 20.7. The number of allylic oxidation sites excluding steroid dienone is 1. The van der Waals surface area contributed by atoms with Crippen molar-refractivity contribution in [3.05, 3.63) is 35.3 Å². The van der Waals surface area contributed by atoms with E-state index in [9.17, 15) is 9.59 Å². The van der Waals surface area contributed by atoms with Crippen LogP contribution in [0.5, 0.6) is 0 Å². The zero-order valence-electron chi connectivity index (χ0n) is 20.7. The van der Waals surface area contributed by atoms with Gasteiger partial charge in [0.15, 0.2) is 5.78 Å². The van der Waals surface area contributed by atoms with Crippen molar-refractivity contribution < 1.29 is 14.0 Å². The monoisotopic (exact) mass is 446 g/mol. The number of carbonyl (C=O) groups excluding carboxylic acids is 2.